The normalized spacial score (nSPS) is 14.3. The van der Waals surface area contributed by atoms with Gasteiger partial charge in [-0.2, -0.15) is 0 Å². The van der Waals surface area contributed by atoms with Crippen LogP contribution in [0.2, 0.25) is 15.1 Å². The van der Waals surface area contributed by atoms with Crippen molar-refractivity contribution in [2.24, 2.45) is 0 Å². The van der Waals surface area contributed by atoms with E-state index in [1.165, 1.54) is 11.0 Å². The van der Waals surface area contributed by atoms with E-state index in [-0.39, 0.29) is 29.4 Å². The quantitative estimate of drug-likeness (QED) is 0.259. The van der Waals surface area contributed by atoms with E-state index in [9.17, 15) is 9.59 Å². The molecule has 0 aliphatic carbocycles. The van der Waals surface area contributed by atoms with Crippen LogP contribution in [-0.4, -0.2) is 33.9 Å². The van der Waals surface area contributed by atoms with E-state index >= 15 is 0 Å². The van der Waals surface area contributed by atoms with Crippen molar-refractivity contribution in [3.63, 3.8) is 0 Å². The van der Waals surface area contributed by atoms with E-state index in [4.69, 9.17) is 34.8 Å². The minimum Gasteiger partial charge on any atom is -0.327 e. The van der Waals surface area contributed by atoms with Crippen molar-refractivity contribution in [1.29, 1.82) is 0 Å². The molecule has 0 fully saturated rings. The summed E-state index contributed by atoms with van der Waals surface area (Å²) in [6.07, 6.45) is 1.99. The van der Waals surface area contributed by atoms with Gasteiger partial charge in [-0.3, -0.25) is 14.5 Å². The van der Waals surface area contributed by atoms with Gasteiger partial charge in [-0.1, -0.05) is 59.1 Å². The second kappa shape index (κ2) is 10.3. The van der Waals surface area contributed by atoms with Gasteiger partial charge in [-0.15, -0.1) is 0 Å². The molecule has 0 radical (unpaired) electrons. The molecule has 37 heavy (non-hydrogen) atoms. The third-order valence-electron chi connectivity index (χ3n) is 6.50. The fourth-order valence-electron chi connectivity index (χ4n) is 4.78. The van der Waals surface area contributed by atoms with Crippen molar-refractivity contribution in [2.75, 3.05) is 11.4 Å². The smallest absolute Gasteiger partial charge is 0.256 e. The molecule has 0 N–H and O–H groups in total. The molecule has 8 heteroatoms. The number of hydrogen-bond acceptors (Lipinski definition) is 2. The van der Waals surface area contributed by atoms with Crippen LogP contribution in [0.5, 0.6) is 0 Å². The van der Waals surface area contributed by atoms with Gasteiger partial charge in [-0.05, 0) is 74.0 Å². The number of carbonyl (C=O) groups excluding carboxylic acids is 2. The molecule has 0 saturated carbocycles. The lowest BCUT2D eigenvalue weighted by atomic mass is 9.97. The minimum absolute atomic E-state index is 0.137. The average Bonchev–Trinajstić information content (AvgIpc) is 3.36. The van der Waals surface area contributed by atoms with Gasteiger partial charge < -0.3 is 9.47 Å². The Hall–Kier alpha value is -3.25. The maximum Gasteiger partial charge on any atom is 0.256 e. The number of carbonyl (C=O) groups is 2. The van der Waals surface area contributed by atoms with E-state index < -0.39 is 6.04 Å². The van der Waals surface area contributed by atoms with Gasteiger partial charge in [0.1, 0.15) is 12.6 Å². The first-order valence-electron chi connectivity index (χ1n) is 11.9. The first-order valence-corrected chi connectivity index (χ1v) is 13.0. The molecule has 2 amide bonds. The number of rotatable bonds is 5. The molecule has 4 aromatic rings. The van der Waals surface area contributed by atoms with Gasteiger partial charge >= 0.3 is 0 Å². The third-order valence-corrected chi connectivity index (χ3v) is 7.29. The molecular weight excluding hydrogens is 529 g/mol. The molecular formula is C29H24Cl3N3O2. The second-order valence-corrected chi connectivity index (χ2v) is 10.4. The lowest BCUT2D eigenvalue weighted by Gasteiger charge is -2.40. The topological polar surface area (TPSA) is 45.6 Å². The molecule has 3 aromatic carbocycles. The molecule has 0 unspecified atom stereocenters. The summed E-state index contributed by atoms with van der Waals surface area (Å²) in [6.45, 7) is 3.61. The van der Waals surface area contributed by atoms with Gasteiger partial charge in [0.05, 0.1) is 27.7 Å². The van der Waals surface area contributed by atoms with Crippen molar-refractivity contribution in [2.45, 2.75) is 25.9 Å². The summed E-state index contributed by atoms with van der Waals surface area (Å²) >= 11 is 18.7. The Balaban J connectivity index is 1.58. The Morgan fingerprint density at radius 1 is 0.865 bits per heavy atom. The number of nitrogens with zero attached hydrogens (tertiary/aromatic N) is 3. The highest BCUT2D eigenvalue weighted by Gasteiger charge is 2.37. The lowest BCUT2D eigenvalue weighted by Crippen LogP contribution is -2.48. The van der Waals surface area contributed by atoms with Crippen LogP contribution in [-0.2, 0) is 4.79 Å². The Bertz CT molecular complexity index is 1500. The first-order chi connectivity index (χ1) is 17.8. The zero-order valence-corrected chi connectivity index (χ0v) is 22.5. The molecule has 1 aliphatic rings. The van der Waals surface area contributed by atoms with E-state index in [0.29, 0.717) is 15.6 Å². The summed E-state index contributed by atoms with van der Waals surface area (Å²) in [6, 6.07) is 23.3. The number of halogens is 3. The summed E-state index contributed by atoms with van der Waals surface area (Å²) in [5.74, 6) is -0.560. The molecule has 5 rings (SSSR count). The summed E-state index contributed by atoms with van der Waals surface area (Å²) in [5.41, 5.74) is 3.74. The molecule has 0 saturated heterocycles. The van der Waals surface area contributed by atoms with Crippen molar-refractivity contribution in [1.82, 2.24) is 9.47 Å². The molecule has 0 spiro atoms. The zero-order valence-electron chi connectivity index (χ0n) is 20.2. The summed E-state index contributed by atoms with van der Waals surface area (Å²) < 4.78 is 2.09. The molecule has 5 nitrogen and oxygen atoms in total. The van der Waals surface area contributed by atoms with Gasteiger partial charge in [0, 0.05) is 22.3 Å². The monoisotopic (exact) mass is 551 g/mol. The lowest BCUT2D eigenvalue weighted by molar-refractivity contribution is -0.120. The van der Waals surface area contributed by atoms with Crippen LogP contribution in [0.4, 0.5) is 5.69 Å². The highest BCUT2D eigenvalue weighted by Crippen LogP contribution is 2.42. The third kappa shape index (κ3) is 4.75. The Morgan fingerprint density at radius 3 is 2.30 bits per heavy atom. The van der Waals surface area contributed by atoms with Crippen LogP contribution in [0.25, 0.3) is 5.69 Å². The van der Waals surface area contributed by atoms with Crippen molar-refractivity contribution < 1.29 is 9.59 Å². The zero-order chi connectivity index (χ0) is 26.3. The van der Waals surface area contributed by atoms with Crippen molar-refractivity contribution in [3.05, 3.63) is 117 Å². The van der Waals surface area contributed by atoms with E-state index in [1.54, 1.807) is 17.0 Å². The van der Waals surface area contributed by atoms with Gasteiger partial charge in [-0.25, -0.2) is 0 Å². The SMILES string of the molecule is CC(C)N(CC(=O)N1c2ccccc2-n2cccc2[C@@H]1c1cccc(Cl)c1)C(=O)c1ccc(Cl)cc1Cl. The van der Waals surface area contributed by atoms with Crippen LogP contribution in [0.3, 0.4) is 0 Å². The Kier molecular flexibility index (Phi) is 7.04. The maximum absolute atomic E-state index is 14.2. The standard InChI is InChI=1S/C29H24Cl3N3O2/c1-18(2)34(29(37)22-13-12-21(31)16-23(22)32)17-27(36)35-25-10-4-3-9-24(25)33-14-6-11-26(33)28(35)19-7-5-8-20(30)15-19/h3-16,18,28H,17H2,1-2H3/t28-/m0/s1. The average molecular weight is 553 g/mol. The van der Waals surface area contributed by atoms with E-state index in [0.717, 1.165) is 22.6 Å². The van der Waals surface area contributed by atoms with E-state index in [2.05, 4.69) is 4.57 Å². The molecule has 2 heterocycles. The van der Waals surface area contributed by atoms with Crippen molar-refractivity contribution in [3.8, 4) is 5.69 Å². The van der Waals surface area contributed by atoms with Crippen LogP contribution < -0.4 is 4.90 Å². The van der Waals surface area contributed by atoms with Gasteiger partial charge in [0.2, 0.25) is 5.91 Å². The summed E-state index contributed by atoms with van der Waals surface area (Å²) in [5, 5.41) is 1.26. The van der Waals surface area contributed by atoms with Gasteiger partial charge in [0.25, 0.3) is 5.91 Å². The Labute approximate surface area is 230 Å². The second-order valence-electron chi connectivity index (χ2n) is 9.16. The minimum atomic E-state index is -0.431. The highest BCUT2D eigenvalue weighted by molar-refractivity contribution is 6.36. The fraction of sp³-hybridized carbons (Fsp3) is 0.172. The van der Waals surface area contributed by atoms with Crippen molar-refractivity contribution >= 4 is 52.3 Å². The molecule has 188 valence electrons. The van der Waals surface area contributed by atoms with Crippen LogP contribution in [0.1, 0.15) is 41.5 Å². The van der Waals surface area contributed by atoms with Crippen LogP contribution in [0.15, 0.2) is 85.1 Å². The summed E-state index contributed by atoms with van der Waals surface area (Å²) in [7, 11) is 0. The number of fused-ring (bicyclic) bond motifs is 3. The highest BCUT2D eigenvalue weighted by atomic mass is 35.5. The van der Waals surface area contributed by atoms with Crippen LogP contribution in [0, 0.1) is 0 Å². The largest absolute Gasteiger partial charge is 0.327 e. The number of hydrogen-bond donors (Lipinski definition) is 0. The molecule has 0 bridgehead atoms. The number of benzene rings is 3. The van der Waals surface area contributed by atoms with E-state index in [1.807, 2.05) is 80.7 Å². The van der Waals surface area contributed by atoms with Crippen LogP contribution >= 0.6 is 34.8 Å². The Morgan fingerprint density at radius 2 is 1.59 bits per heavy atom. The number of amides is 2. The number of anilines is 1. The molecule has 1 aromatic heterocycles. The molecule has 1 atom stereocenters. The van der Waals surface area contributed by atoms with Gasteiger partial charge in [0.15, 0.2) is 0 Å². The summed E-state index contributed by atoms with van der Waals surface area (Å²) in [4.78, 5) is 31.0. The maximum atomic E-state index is 14.2. The number of aromatic nitrogens is 1. The fourth-order valence-corrected chi connectivity index (χ4v) is 5.47. The first kappa shape index (κ1) is 25.4. The number of para-hydroxylation sites is 2. The molecule has 1 aliphatic heterocycles. The predicted molar refractivity (Wildman–Crippen MR) is 149 cm³/mol. The predicted octanol–water partition coefficient (Wildman–Crippen LogP) is 7.42.